The molecule has 1 atom stereocenters. The van der Waals surface area contributed by atoms with Crippen LogP contribution in [0.2, 0.25) is 0 Å². The van der Waals surface area contributed by atoms with Gasteiger partial charge in [0.2, 0.25) is 0 Å². The van der Waals surface area contributed by atoms with E-state index >= 15 is 0 Å². The average Bonchev–Trinajstić information content (AvgIpc) is 3.39. The zero-order chi connectivity index (χ0) is 52.9. The summed E-state index contributed by atoms with van der Waals surface area (Å²) in [5, 5.41) is 0. The second kappa shape index (κ2) is 60.4. The molecule has 0 N–H and O–H groups in total. The number of hydrogen-bond acceptors (Lipinski definition) is 6. The maximum absolute atomic E-state index is 12.8. The van der Waals surface area contributed by atoms with Crippen LogP contribution in [0.3, 0.4) is 0 Å². The molecule has 6 nitrogen and oxygen atoms in total. The molecule has 1 unspecified atom stereocenters. The van der Waals surface area contributed by atoms with Gasteiger partial charge in [-0.25, -0.2) is 0 Å². The summed E-state index contributed by atoms with van der Waals surface area (Å²) in [6.07, 6.45) is 83.4. The molecule has 0 aromatic carbocycles. The van der Waals surface area contributed by atoms with Crippen molar-refractivity contribution in [2.75, 3.05) is 13.2 Å². The Hall–Kier alpha value is -4.19. The lowest BCUT2D eigenvalue weighted by atomic mass is 10.0. The third-order valence-corrected chi connectivity index (χ3v) is 12.5. The van der Waals surface area contributed by atoms with Crippen LogP contribution in [0.25, 0.3) is 0 Å². The van der Waals surface area contributed by atoms with Crippen molar-refractivity contribution in [3.8, 4) is 0 Å². The van der Waals surface area contributed by atoms with E-state index in [2.05, 4.69) is 142 Å². The number of allylic oxidation sites excluding steroid dienone is 20. The van der Waals surface area contributed by atoms with Crippen LogP contribution in [-0.4, -0.2) is 37.2 Å². The van der Waals surface area contributed by atoms with Crippen molar-refractivity contribution in [1.82, 2.24) is 0 Å². The number of esters is 3. The number of rotatable bonds is 53. The van der Waals surface area contributed by atoms with Crippen LogP contribution in [0.1, 0.15) is 265 Å². The van der Waals surface area contributed by atoms with E-state index in [1.54, 1.807) is 0 Å². The van der Waals surface area contributed by atoms with Gasteiger partial charge in [0.1, 0.15) is 13.2 Å². The number of carbonyl (C=O) groups is 3. The molecule has 0 aliphatic heterocycles. The Balaban J connectivity index is 4.41. The van der Waals surface area contributed by atoms with E-state index < -0.39 is 6.10 Å². The topological polar surface area (TPSA) is 78.9 Å². The van der Waals surface area contributed by atoms with Crippen LogP contribution in [0.15, 0.2) is 122 Å². The van der Waals surface area contributed by atoms with Crippen LogP contribution in [0.5, 0.6) is 0 Å². The van der Waals surface area contributed by atoms with E-state index in [0.29, 0.717) is 19.3 Å². The fourth-order valence-corrected chi connectivity index (χ4v) is 8.03. The van der Waals surface area contributed by atoms with Crippen molar-refractivity contribution in [1.29, 1.82) is 0 Å². The van der Waals surface area contributed by atoms with E-state index in [4.69, 9.17) is 14.2 Å². The molecule has 0 fully saturated rings. The van der Waals surface area contributed by atoms with E-state index in [1.807, 2.05) is 0 Å². The van der Waals surface area contributed by atoms with Gasteiger partial charge in [-0.2, -0.15) is 0 Å². The molecule has 0 aromatic rings. The van der Waals surface area contributed by atoms with Gasteiger partial charge in [-0.3, -0.25) is 14.4 Å². The Morgan fingerprint density at radius 2 is 0.548 bits per heavy atom. The van der Waals surface area contributed by atoms with E-state index in [1.165, 1.54) is 103 Å². The van der Waals surface area contributed by atoms with Crippen LogP contribution in [0, 0.1) is 0 Å². The van der Waals surface area contributed by atoms with Gasteiger partial charge >= 0.3 is 17.9 Å². The summed E-state index contributed by atoms with van der Waals surface area (Å²) in [7, 11) is 0. The van der Waals surface area contributed by atoms with Gasteiger partial charge in [-0.1, -0.05) is 264 Å². The maximum Gasteiger partial charge on any atom is 0.306 e. The van der Waals surface area contributed by atoms with Crippen molar-refractivity contribution >= 4 is 17.9 Å². The second-order valence-corrected chi connectivity index (χ2v) is 19.5. The molecule has 6 heteroatoms. The van der Waals surface area contributed by atoms with Crippen molar-refractivity contribution in [3.05, 3.63) is 122 Å². The van der Waals surface area contributed by atoms with Gasteiger partial charge in [0.15, 0.2) is 6.10 Å². The van der Waals surface area contributed by atoms with Gasteiger partial charge in [-0.15, -0.1) is 0 Å². The van der Waals surface area contributed by atoms with Crippen LogP contribution >= 0.6 is 0 Å². The predicted octanol–water partition coefficient (Wildman–Crippen LogP) is 20.4. The molecule has 0 heterocycles. The van der Waals surface area contributed by atoms with Gasteiger partial charge in [0, 0.05) is 19.3 Å². The summed E-state index contributed by atoms with van der Waals surface area (Å²) in [6, 6.07) is 0. The normalized spacial score (nSPS) is 13.0. The third kappa shape index (κ3) is 58.6. The summed E-state index contributed by atoms with van der Waals surface area (Å²) < 4.78 is 16.8. The minimum Gasteiger partial charge on any atom is -0.462 e. The highest BCUT2D eigenvalue weighted by atomic mass is 16.6. The van der Waals surface area contributed by atoms with Crippen molar-refractivity contribution in [3.63, 3.8) is 0 Å². The summed E-state index contributed by atoms with van der Waals surface area (Å²) in [5.74, 6) is -0.966. The molecule has 0 radical (unpaired) electrons. The fourth-order valence-electron chi connectivity index (χ4n) is 8.03. The lowest BCUT2D eigenvalue weighted by Crippen LogP contribution is -2.30. The number of hydrogen-bond donors (Lipinski definition) is 0. The molecule has 414 valence electrons. The van der Waals surface area contributed by atoms with Crippen LogP contribution in [-0.2, 0) is 28.6 Å². The smallest absolute Gasteiger partial charge is 0.306 e. The largest absolute Gasteiger partial charge is 0.462 e. The predicted molar refractivity (Wildman–Crippen MR) is 316 cm³/mol. The van der Waals surface area contributed by atoms with Crippen LogP contribution in [0.4, 0.5) is 0 Å². The van der Waals surface area contributed by atoms with Crippen LogP contribution < -0.4 is 0 Å². The second-order valence-electron chi connectivity index (χ2n) is 19.5. The molecular formula is C67H110O6. The molecule has 0 aromatic heterocycles. The van der Waals surface area contributed by atoms with Gasteiger partial charge in [0.05, 0.1) is 0 Å². The van der Waals surface area contributed by atoms with Gasteiger partial charge < -0.3 is 14.2 Å². The van der Waals surface area contributed by atoms with Gasteiger partial charge in [0.25, 0.3) is 0 Å². The molecule has 73 heavy (non-hydrogen) atoms. The molecular weight excluding hydrogens is 901 g/mol. The third-order valence-electron chi connectivity index (χ3n) is 12.5. The molecule has 0 aliphatic carbocycles. The minimum absolute atomic E-state index is 0.103. The molecule has 0 saturated carbocycles. The first kappa shape index (κ1) is 68.8. The summed E-state index contributed by atoms with van der Waals surface area (Å²) >= 11 is 0. The SMILES string of the molecule is CC/C=C\C/C=C\C/C=C\C/C=C\C/C=C\CCCCCCCCCCCC(=O)OCC(COC(=O)CCCCCCCCCCCCCCC)OC(=O)CCC/C=C\C/C=C\C/C=C\C/C=C\C/C=C\CC. The Kier molecular flexibility index (Phi) is 56.9. The Bertz CT molecular complexity index is 1540. The lowest BCUT2D eigenvalue weighted by molar-refractivity contribution is -0.167. The Morgan fingerprint density at radius 3 is 0.877 bits per heavy atom. The lowest BCUT2D eigenvalue weighted by Gasteiger charge is -2.18. The van der Waals surface area contributed by atoms with Crippen molar-refractivity contribution < 1.29 is 28.6 Å². The maximum atomic E-state index is 12.8. The first-order valence-corrected chi connectivity index (χ1v) is 30.0. The monoisotopic (exact) mass is 1010 g/mol. The molecule has 0 rings (SSSR count). The Morgan fingerprint density at radius 1 is 0.288 bits per heavy atom. The van der Waals surface area contributed by atoms with Crippen molar-refractivity contribution in [2.45, 2.75) is 271 Å². The standard InChI is InChI=1S/C67H110O6/c1-4-7-10-13-16-19-22-25-27-29-30-31-32-33-34-35-36-38-39-42-45-48-51-54-57-60-66(69)72-63-64(62-71-65(68)59-56-53-50-47-44-41-24-21-18-15-12-9-6-3)73-67(70)61-58-55-52-49-46-43-40-37-28-26-23-20-17-14-11-8-5-2/h7-8,10-11,16-17,19-20,25-28,30-31,33-34,40,43,49,52,64H,4-6,9,12-15,18,21-24,29,32,35-39,41-42,44-48,50-51,53-63H2,1-3H3/b10-7-,11-8-,19-16-,20-17-,27-25-,28-26-,31-30-,34-33-,43-40-,52-49-. The summed E-state index contributed by atoms with van der Waals surface area (Å²) in [5.41, 5.74) is 0. The highest BCUT2D eigenvalue weighted by Crippen LogP contribution is 2.15. The molecule has 0 spiro atoms. The first-order chi connectivity index (χ1) is 36.0. The van der Waals surface area contributed by atoms with Gasteiger partial charge in [-0.05, 0) is 103 Å². The zero-order valence-corrected chi connectivity index (χ0v) is 47.4. The molecule has 0 saturated heterocycles. The molecule has 0 amide bonds. The number of ether oxygens (including phenoxy) is 3. The molecule has 0 bridgehead atoms. The Labute approximate surface area is 450 Å². The average molecular weight is 1010 g/mol. The van der Waals surface area contributed by atoms with E-state index in [9.17, 15) is 14.4 Å². The molecule has 0 aliphatic rings. The number of unbranched alkanes of at least 4 members (excludes halogenated alkanes) is 22. The minimum atomic E-state index is -0.812. The quantitative estimate of drug-likeness (QED) is 0.0261. The fraction of sp³-hybridized carbons (Fsp3) is 0.657. The highest BCUT2D eigenvalue weighted by molar-refractivity contribution is 5.71. The highest BCUT2D eigenvalue weighted by Gasteiger charge is 2.19. The zero-order valence-electron chi connectivity index (χ0n) is 47.4. The van der Waals surface area contributed by atoms with E-state index in [0.717, 1.165) is 116 Å². The summed E-state index contributed by atoms with van der Waals surface area (Å²) in [4.78, 5) is 38.2. The first-order valence-electron chi connectivity index (χ1n) is 30.0. The summed E-state index contributed by atoms with van der Waals surface area (Å²) in [6.45, 7) is 6.37. The number of carbonyl (C=O) groups excluding carboxylic acids is 3. The van der Waals surface area contributed by atoms with Crippen molar-refractivity contribution in [2.24, 2.45) is 0 Å². The van der Waals surface area contributed by atoms with E-state index in [-0.39, 0.29) is 37.5 Å².